The zero-order valence-electron chi connectivity index (χ0n) is 9.68. The van der Waals surface area contributed by atoms with Crippen molar-refractivity contribution >= 4 is 5.69 Å². The molecule has 0 aromatic heterocycles. The van der Waals surface area contributed by atoms with Gasteiger partial charge in [0.25, 0.3) is 0 Å². The molecule has 0 radical (unpaired) electrons. The number of ether oxygens (including phenoxy) is 1. The molecule has 5 atom stereocenters. The minimum absolute atomic E-state index is 0.433. The van der Waals surface area contributed by atoms with Crippen LogP contribution < -0.4 is 5.32 Å². The van der Waals surface area contributed by atoms with Crippen molar-refractivity contribution in [1.29, 1.82) is 0 Å². The topological polar surface area (TPSA) is 102 Å². The average molecular weight is 255 g/mol. The minimum atomic E-state index is -1.36. The molecule has 1 aliphatic rings. The lowest BCUT2D eigenvalue weighted by molar-refractivity contribution is -0.221. The molecule has 1 heterocycles. The number of aliphatic hydroxyl groups excluding tert-OH is 4. The Morgan fingerprint density at radius 2 is 1.67 bits per heavy atom. The molecule has 100 valence electrons. The number of hydrogen-bond donors (Lipinski definition) is 5. The lowest BCUT2D eigenvalue weighted by Crippen LogP contribution is -2.60. The summed E-state index contributed by atoms with van der Waals surface area (Å²) in [6, 6.07) is 9.03. The molecule has 0 spiro atoms. The Balaban J connectivity index is 2.08. The third-order valence-corrected chi connectivity index (χ3v) is 2.97. The summed E-state index contributed by atoms with van der Waals surface area (Å²) in [6.07, 6.45) is -5.76. The van der Waals surface area contributed by atoms with Crippen molar-refractivity contribution in [1.82, 2.24) is 0 Å². The van der Waals surface area contributed by atoms with Crippen LogP contribution in [0.4, 0.5) is 5.69 Å². The fraction of sp³-hybridized carbons (Fsp3) is 0.500. The molecule has 6 heteroatoms. The van der Waals surface area contributed by atoms with Crippen LogP contribution in [0, 0.1) is 0 Å². The van der Waals surface area contributed by atoms with Crippen LogP contribution in [0.5, 0.6) is 0 Å². The lowest BCUT2D eigenvalue weighted by atomic mass is 9.98. The van der Waals surface area contributed by atoms with E-state index in [0.29, 0.717) is 5.69 Å². The van der Waals surface area contributed by atoms with E-state index in [4.69, 9.17) is 9.84 Å². The SMILES string of the molecule is OC[C@H]1O[C@H](Nc2ccccc2)[C@H](O)[C@@H](O)[C@@H]1O. The van der Waals surface area contributed by atoms with Crippen LogP contribution in [-0.4, -0.2) is 57.7 Å². The van der Waals surface area contributed by atoms with E-state index in [2.05, 4.69) is 5.32 Å². The molecule has 18 heavy (non-hydrogen) atoms. The summed E-state index contributed by atoms with van der Waals surface area (Å²) in [6.45, 7) is -0.433. The number of anilines is 1. The Hall–Kier alpha value is -1.18. The average Bonchev–Trinajstić information content (AvgIpc) is 2.40. The van der Waals surface area contributed by atoms with E-state index in [1.54, 1.807) is 12.1 Å². The quantitative estimate of drug-likeness (QED) is 0.470. The summed E-state index contributed by atoms with van der Waals surface area (Å²) in [5.41, 5.74) is 0.710. The van der Waals surface area contributed by atoms with E-state index in [-0.39, 0.29) is 0 Å². The van der Waals surface area contributed by atoms with Gasteiger partial charge < -0.3 is 30.5 Å². The maximum Gasteiger partial charge on any atom is 0.157 e. The highest BCUT2D eigenvalue weighted by Gasteiger charge is 2.43. The van der Waals surface area contributed by atoms with E-state index in [1.165, 1.54) is 0 Å². The molecule has 0 amide bonds. The second-order valence-corrected chi connectivity index (χ2v) is 4.26. The van der Waals surface area contributed by atoms with Gasteiger partial charge in [0, 0.05) is 5.69 Å². The van der Waals surface area contributed by atoms with Gasteiger partial charge in [0.1, 0.15) is 24.4 Å². The van der Waals surface area contributed by atoms with Gasteiger partial charge in [-0.15, -0.1) is 0 Å². The normalized spacial score (nSPS) is 36.3. The highest BCUT2D eigenvalue weighted by Crippen LogP contribution is 2.22. The van der Waals surface area contributed by atoms with Gasteiger partial charge in [-0.25, -0.2) is 0 Å². The molecule has 1 saturated heterocycles. The van der Waals surface area contributed by atoms with Crippen LogP contribution >= 0.6 is 0 Å². The molecule has 0 bridgehead atoms. The Morgan fingerprint density at radius 1 is 1.00 bits per heavy atom. The molecule has 0 saturated carbocycles. The standard InChI is InChI=1S/C12H17NO5/c14-6-8-9(15)10(16)11(17)12(18-8)13-7-4-2-1-3-5-7/h1-5,8-17H,6H2/t8-,9-,10+,11-,12+/m1/s1. The van der Waals surface area contributed by atoms with Crippen molar-refractivity contribution < 1.29 is 25.2 Å². The van der Waals surface area contributed by atoms with Gasteiger partial charge in [0.15, 0.2) is 6.23 Å². The van der Waals surface area contributed by atoms with Crippen LogP contribution in [0.3, 0.4) is 0 Å². The molecular formula is C12H17NO5. The molecule has 6 nitrogen and oxygen atoms in total. The third kappa shape index (κ3) is 2.63. The maximum atomic E-state index is 9.80. The summed E-state index contributed by atoms with van der Waals surface area (Å²) in [7, 11) is 0. The molecule has 1 aliphatic heterocycles. The predicted octanol–water partition coefficient (Wildman–Crippen LogP) is -1.10. The van der Waals surface area contributed by atoms with Crippen molar-refractivity contribution in [3.63, 3.8) is 0 Å². The first-order valence-electron chi connectivity index (χ1n) is 5.75. The van der Waals surface area contributed by atoms with E-state index in [9.17, 15) is 15.3 Å². The summed E-state index contributed by atoms with van der Waals surface area (Å²) >= 11 is 0. The molecular weight excluding hydrogens is 238 g/mol. The largest absolute Gasteiger partial charge is 0.394 e. The number of benzene rings is 1. The molecule has 5 N–H and O–H groups in total. The second kappa shape index (κ2) is 5.64. The smallest absolute Gasteiger partial charge is 0.157 e. The Labute approximate surface area is 104 Å². The van der Waals surface area contributed by atoms with Gasteiger partial charge >= 0.3 is 0 Å². The molecule has 0 unspecified atom stereocenters. The Kier molecular flexibility index (Phi) is 4.15. The van der Waals surface area contributed by atoms with Gasteiger partial charge in [0.05, 0.1) is 6.61 Å². The summed E-state index contributed by atoms with van der Waals surface area (Å²) in [4.78, 5) is 0. The van der Waals surface area contributed by atoms with Gasteiger partial charge in [-0.2, -0.15) is 0 Å². The number of nitrogens with one attached hydrogen (secondary N) is 1. The number of hydrogen-bond acceptors (Lipinski definition) is 6. The summed E-state index contributed by atoms with van der Waals surface area (Å²) in [5.74, 6) is 0. The number of para-hydroxylation sites is 1. The lowest BCUT2D eigenvalue weighted by Gasteiger charge is -2.40. The van der Waals surface area contributed by atoms with Crippen LogP contribution in [0.2, 0.25) is 0 Å². The second-order valence-electron chi connectivity index (χ2n) is 4.26. The van der Waals surface area contributed by atoms with Crippen molar-refractivity contribution in [3.8, 4) is 0 Å². The zero-order chi connectivity index (χ0) is 13.1. The first-order valence-corrected chi connectivity index (χ1v) is 5.75. The first kappa shape index (κ1) is 13.3. The van der Waals surface area contributed by atoms with Crippen molar-refractivity contribution in [2.24, 2.45) is 0 Å². The third-order valence-electron chi connectivity index (χ3n) is 2.97. The van der Waals surface area contributed by atoms with E-state index < -0.39 is 37.3 Å². The fourth-order valence-electron chi connectivity index (χ4n) is 1.92. The predicted molar refractivity (Wildman–Crippen MR) is 63.8 cm³/mol. The Bertz CT molecular complexity index is 372. The zero-order valence-corrected chi connectivity index (χ0v) is 9.68. The molecule has 0 aliphatic carbocycles. The van der Waals surface area contributed by atoms with Gasteiger partial charge in [-0.3, -0.25) is 0 Å². The first-order chi connectivity index (χ1) is 8.63. The minimum Gasteiger partial charge on any atom is -0.394 e. The highest BCUT2D eigenvalue weighted by atomic mass is 16.6. The molecule has 1 fully saturated rings. The highest BCUT2D eigenvalue weighted by molar-refractivity contribution is 5.43. The molecule has 2 rings (SSSR count). The van der Waals surface area contributed by atoms with Crippen LogP contribution in [0.1, 0.15) is 0 Å². The van der Waals surface area contributed by atoms with E-state index >= 15 is 0 Å². The number of rotatable bonds is 3. The molecule has 1 aromatic rings. The Morgan fingerprint density at radius 3 is 2.28 bits per heavy atom. The van der Waals surface area contributed by atoms with Crippen molar-refractivity contribution in [2.75, 3.05) is 11.9 Å². The number of aliphatic hydroxyl groups is 4. The van der Waals surface area contributed by atoms with Gasteiger partial charge in [-0.1, -0.05) is 18.2 Å². The summed E-state index contributed by atoms with van der Waals surface area (Å²) < 4.78 is 5.31. The fourth-order valence-corrected chi connectivity index (χ4v) is 1.92. The molecule has 1 aromatic carbocycles. The van der Waals surface area contributed by atoms with Crippen molar-refractivity contribution in [2.45, 2.75) is 30.6 Å². The van der Waals surface area contributed by atoms with Crippen LogP contribution in [0.15, 0.2) is 30.3 Å². The van der Waals surface area contributed by atoms with Crippen LogP contribution in [-0.2, 0) is 4.74 Å². The van der Waals surface area contributed by atoms with Gasteiger partial charge in [0.2, 0.25) is 0 Å². The monoisotopic (exact) mass is 255 g/mol. The van der Waals surface area contributed by atoms with E-state index in [1.807, 2.05) is 18.2 Å². The summed E-state index contributed by atoms with van der Waals surface area (Å²) in [5, 5.41) is 41.0. The van der Waals surface area contributed by atoms with E-state index in [0.717, 1.165) is 0 Å². The van der Waals surface area contributed by atoms with Crippen LogP contribution in [0.25, 0.3) is 0 Å². The van der Waals surface area contributed by atoms with Gasteiger partial charge in [-0.05, 0) is 12.1 Å². The van der Waals surface area contributed by atoms with Crippen molar-refractivity contribution in [3.05, 3.63) is 30.3 Å². The maximum absolute atomic E-state index is 9.80.